The van der Waals surface area contributed by atoms with E-state index in [2.05, 4.69) is 10.3 Å². The van der Waals surface area contributed by atoms with E-state index in [1.165, 1.54) is 0 Å². The van der Waals surface area contributed by atoms with E-state index < -0.39 is 0 Å². The van der Waals surface area contributed by atoms with Crippen molar-refractivity contribution in [2.24, 2.45) is 5.73 Å². The first kappa shape index (κ1) is 16.0. The van der Waals surface area contributed by atoms with Gasteiger partial charge in [-0.05, 0) is 38.3 Å². The lowest BCUT2D eigenvalue weighted by atomic mass is 10.0. The van der Waals surface area contributed by atoms with Gasteiger partial charge < -0.3 is 10.6 Å². The summed E-state index contributed by atoms with van der Waals surface area (Å²) < 4.78 is 1.61. The van der Waals surface area contributed by atoms with Gasteiger partial charge in [0.25, 0.3) is 5.91 Å². The summed E-state index contributed by atoms with van der Waals surface area (Å²) in [6.07, 6.45) is 3.05. The zero-order valence-corrected chi connectivity index (χ0v) is 13.8. The molecule has 0 spiro atoms. The molecule has 0 unspecified atom stereocenters. The average molecular weight is 334 g/mol. The molecule has 122 valence electrons. The molecule has 0 aliphatic carbocycles. The molecular weight excluding hydrogens is 314 g/mol. The van der Waals surface area contributed by atoms with Crippen molar-refractivity contribution in [2.45, 2.75) is 32.2 Å². The predicted octanol–water partition coefficient (Wildman–Crippen LogP) is 2.18. The molecule has 1 atom stereocenters. The maximum atomic E-state index is 12.8. The SMILES string of the molecule is Cc1c(C(=O)N2CCCC[C@H]2CN)nnn1-c1ccccc1Cl. The van der Waals surface area contributed by atoms with Gasteiger partial charge in [0.2, 0.25) is 0 Å². The monoisotopic (exact) mass is 333 g/mol. The Bertz CT molecular complexity index is 714. The molecule has 0 radical (unpaired) electrons. The molecule has 0 bridgehead atoms. The number of carbonyl (C=O) groups is 1. The van der Waals surface area contributed by atoms with Crippen LogP contribution in [0.1, 0.15) is 35.4 Å². The molecule has 2 heterocycles. The van der Waals surface area contributed by atoms with Crippen LogP contribution >= 0.6 is 11.6 Å². The van der Waals surface area contributed by atoms with Crippen LogP contribution in [0.2, 0.25) is 5.02 Å². The van der Waals surface area contributed by atoms with Crippen LogP contribution in [0.4, 0.5) is 0 Å². The third-order valence-corrected chi connectivity index (χ3v) is 4.66. The van der Waals surface area contributed by atoms with Crippen LogP contribution < -0.4 is 5.73 Å². The number of likely N-dealkylation sites (tertiary alicyclic amines) is 1. The van der Waals surface area contributed by atoms with E-state index in [9.17, 15) is 4.79 Å². The summed E-state index contributed by atoms with van der Waals surface area (Å²) in [7, 11) is 0. The van der Waals surface area contributed by atoms with Crippen LogP contribution in [-0.2, 0) is 0 Å². The van der Waals surface area contributed by atoms with E-state index in [1.54, 1.807) is 10.7 Å². The highest BCUT2D eigenvalue weighted by Gasteiger charge is 2.30. The fourth-order valence-electron chi connectivity index (χ4n) is 3.03. The number of nitrogens with zero attached hydrogens (tertiary/aromatic N) is 4. The number of aromatic nitrogens is 3. The zero-order valence-electron chi connectivity index (χ0n) is 13.1. The lowest BCUT2D eigenvalue weighted by molar-refractivity contribution is 0.0616. The fraction of sp³-hybridized carbons (Fsp3) is 0.438. The van der Waals surface area contributed by atoms with Crippen molar-refractivity contribution in [3.8, 4) is 5.69 Å². The molecule has 2 N–H and O–H groups in total. The molecule has 1 aliphatic rings. The molecule has 3 rings (SSSR count). The normalized spacial score (nSPS) is 18.2. The van der Waals surface area contributed by atoms with Crippen LogP contribution in [0, 0.1) is 6.92 Å². The first-order valence-electron chi connectivity index (χ1n) is 7.81. The van der Waals surface area contributed by atoms with Crippen LogP contribution in [0.5, 0.6) is 0 Å². The van der Waals surface area contributed by atoms with Crippen molar-refractivity contribution in [1.82, 2.24) is 19.9 Å². The van der Waals surface area contributed by atoms with Crippen LogP contribution in [0.3, 0.4) is 0 Å². The van der Waals surface area contributed by atoms with E-state index in [1.807, 2.05) is 30.0 Å². The number of hydrogen-bond acceptors (Lipinski definition) is 4. The van der Waals surface area contributed by atoms with Crippen LogP contribution in [0.15, 0.2) is 24.3 Å². The second kappa shape index (κ2) is 6.68. The number of halogens is 1. The van der Waals surface area contributed by atoms with Crippen molar-refractivity contribution in [1.29, 1.82) is 0 Å². The molecule has 1 amide bonds. The quantitative estimate of drug-likeness (QED) is 0.934. The Kier molecular flexibility index (Phi) is 4.63. The highest BCUT2D eigenvalue weighted by atomic mass is 35.5. The molecule has 1 saturated heterocycles. The Balaban J connectivity index is 1.93. The molecule has 1 aromatic carbocycles. The highest BCUT2D eigenvalue weighted by Crippen LogP contribution is 2.23. The Morgan fingerprint density at radius 3 is 2.91 bits per heavy atom. The van der Waals surface area contributed by atoms with Gasteiger partial charge in [-0.2, -0.15) is 0 Å². The van der Waals surface area contributed by atoms with Crippen molar-refractivity contribution < 1.29 is 4.79 Å². The largest absolute Gasteiger partial charge is 0.333 e. The Labute approximate surface area is 140 Å². The van der Waals surface area contributed by atoms with E-state index >= 15 is 0 Å². The third kappa shape index (κ3) is 2.96. The summed E-state index contributed by atoms with van der Waals surface area (Å²) in [6.45, 7) is 3.03. The molecule has 1 aromatic heterocycles. The minimum atomic E-state index is -0.101. The second-order valence-corrected chi connectivity index (χ2v) is 6.18. The Morgan fingerprint density at radius 2 is 2.17 bits per heavy atom. The van der Waals surface area contributed by atoms with Gasteiger partial charge in [-0.15, -0.1) is 5.10 Å². The molecule has 1 fully saturated rings. The second-order valence-electron chi connectivity index (χ2n) is 5.77. The van der Waals surface area contributed by atoms with Gasteiger partial charge in [-0.25, -0.2) is 4.68 Å². The van der Waals surface area contributed by atoms with Gasteiger partial charge in [0, 0.05) is 19.1 Å². The van der Waals surface area contributed by atoms with Gasteiger partial charge in [0.1, 0.15) is 0 Å². The van der Waals surface area contributed by atoms with Gasteiger partial charge in [-0.1, -0.05) is 28.9 Å². The van der Waals surface area contributed by atoms with E-state index in [4.69, 9.17) is 17.3 Å². The maximum Gasteiger partial charge on any atom is 0.276 e. The van der Waals surface area contributed by atoms with E-state index in [-0.39, 0.29) is 11.9 Å². The van der Waals surface area contributed by atoms with Crippen molar-refractivity contribution in [3.05, 3.63) is 40.7 Å². The van der Waals surface area contributed by atoms with Gasteiger partial charge >= 0.3 is 0 Å². The number of rotatable bonds is 3. The molecule has 2 aromatic rings. The average Bonchev–Trinajstić information content (AvgIpc) is 2.96. The minimum absolute atomic E-state index is 0.0844. The van der Waals surface area contributed by atoms with E-state index in [0.717, 1.165) is 25.8 Å². The van der Waals surface area contributed by atoms with Crippen LogP contribution in [-0.4, -0.2) is 44.9 Å². The third-order valence-electron chi connectivity index (χ3n) is 4.34. The van der Waals surface area contributed by atoms with Crippen molar-refractivity contribution in [3.63, 3.8) is 0 Å². The Hall–Kier alpha value is -1.92. The number of carbonyl (C=O) groups excluding carboxylic acids is 1. The maximum absolute atomic E-state index is 12.8. The smallest absolute Gasteiger partial charge is 0.276 e. The number of piperidine rings is 1. The topological polar surface area (TPSA) is 77.0 Å². The molecule has 23 heavy (non-hydrogen) atoms. The lowest BCUT2D eigenvalue weighted by Gasteiger charge is -2.34. The molecule has 6 nitrogen and oxygen atoms in total. The summed E-state index contributed by atoms with van der Waals surface area (Å²) in [6, 6.07) is 7.44. The summed E-state index contributed by atoms with van der Waals surface area (Å²) >= 11 is 6.21. The first-order valence-corrected chi connectivity index (χ1v) is 8.19. The minimum Gasteiger partial charge on any atom is -0.333 e. The zero-order chi connectivity index (χ0) is 16.4. The molecule has 1 aliphatic heterocycles. The number of benzene rings is 1. The fourth-order valence-corrected chi connectivity index (χ4v) is 3.24. The molecular formula is C16H20ClN5O. The summed E-state index contributed by atoms with van der Waals surface area (Å²) in [5, 5.41) is 8.78. The van der Waals surface area contributed by atoms with E-state index in [0.29, 0.717) is 28.6 Å². The number of amides is 1. The Morgan fingerprint density at radius 1 is 1.39 bits per heavy atom. The van der Waals surface area contributed by atoms with Gasteiger partial charge in [-0.3, -0.25) is 4.79 Å². The number of nitrogens with two attached hydrogens (primary N) is 1. The van der Waals surface area contributed by atoms with Gasteiger partial charge in [0.05, 0.1) is 16.4 Å². The number of para-hydroxylation sites is 1. The van der Waals surface area contributed by atoms with Crippen LogP contribution in [0.25, 0.3) is 5.69 Å². The summed E-state index contributed by atoms with van der Waals surface area (Å²) in [5.41, 5.74) is 7.58. The summed E-state index contributed by atoms with van der Waals surface area (Å²) in [4.78, 5) is 14.7. The standard InChI is InChI=1S/C16H20ClN5O/c1-11-15(16(23)21-9-5-4-6-12(21)10-18)19-20-22(11)14-8-3-2-7-13(14)17/h2-3,7-8,12H,4-6,9-10,18H2,1H3/t12-/m0/s1. The highest BCUT2D eigenvalue weighted by molar-refractivity contribution is 6.32. The summed E-state index contributed by atoms with van der Waals surface area (Å²) in [5.74, 6) is -0.101. The predicted molar refractivity (Wildman–Crippen MR) is 88.8 cm³/mol. The molecule has 0 saturated carbocycles. The van der Waals surface area contributed by atoms with Crippen molar-refractivity contribution >= 4 is 17.5 Å². The first-order chi connectivity index (χ1) is 11.1. The van der Waals surface area contributed by atoms with Crippen molar-refractivity contribution in [2.75, 3.05) is 13.1 Å². The lowest BCUT2D eigenvalue weighted by Crippen LogP contribution is -2.47. The number of hydrogen-bond donors (Lipinski definition) is 1. The molecule has 7 heteroatoms. The van der Waals surface area contributed by atoms with Gasteiger partial charge in [0.15, 0.2) is 5.69 Å².